The van der Waals surface area contributed by atoms with E-state index in [0.29, 0.717) is 31.6 Å². The van der Waals surface area contributed by atoms with Crippen molar-refractivity contribution in [3.05, 3.63) is 11.6 Å². The minimum Gasteiger partial charge on any atom is -0.430 e. The van der Waals surface area contributed by atoms with Gasteiger partial charge in [-0.15, -0.1) is 0 Å². The van der Waals surface area contributed by atoms with Crippen LogP contribution in [0, 0.1) is 34.5 Å². The third-order valence-electron chi connectivity index (χ3n) is 11.1. The largest absolute Gasteiger partial charge is 0.430 e. The maximum atomic E-state index is 13.8. The van der Waals surface area contributed by atoms with Gasteiger partial charge in [0.1, 0.15) is 11.4 Å². The van der Waals surface area contributed by atoms with Crippen LogP contribution in [0.5, 0.6) is 0 Å². The van der Waals surface area contributed by atoms with Crippen LogP contribution in [0.25, 0.3) is 0 Å². The number of rotatable bonds is 5. The molecular formula is C29H42O6. The molecule has 5 aliphatic rings. The molecule has 7 atom stereocenters. The van der Waals surface area contributed by atoms with Gasteiger partial charge in [-0.25, -0.2) is 0 Å². The van der Waals surface area contributed by atoms with Crippen molar-refractivity contribution in [3.63, 3.8) is 0 Å². The maximum absolute atomic E-state index is 13.8. The highest BCUT2D eigenvalue weighted by Crippen LogP contribution is 2.68. The Hall–Kier alpha value is -1.53. The zero-order valence-electron chi connectivity index (χ0n) is 21.6. The van der Waals surface area contributed by atoms with Gasteiger partial charge < -0.3 is 14.9 Å². The second kappa shape index (κ2) is 8.51. The van der Waals surface area contributed by atoms with E-state index in [1.165, 1.54) is 19.8 Å². The van der Waals surface area contributed by atoms with E-state index in [1.807, 2.05) is 6.92 Å². The summed E-state index contributed by atoms with van der Waals surface area (Å²) in [4.78, 5) is 38.6. The molecule has 6 nitrogen and oxygen atoms in total. The van der Waals surface area contributed by atoms with Crippen LogP contribution in [0.3, 0.4) is 0 Å². The van der Waals surface area contributed by atoms with Crippen molar-refractivity contribution in [2.75, 3.05) is 0 Å². The Morgan fingerprint density at radius 3 is 2.54 bits per heavy atom. The van der Waals surface area contributed by atoms with Crippen LogP contribution in [-0.2, 0) is 19.1 Å². The molecule has 194 valence electrons. The van der Waals surface area contributed by atoms with Gasteiger partial charge in [0.2, 0.25) is 5.79 Å². The van der Waals surface area contributed by atoms with Crippen molar-refractivity contribution in [2.24, 2.45) is 34.5 Å². The fraction of sp³-hybridized carbons (Fsp3) is 0.828. The minimum atomic E-state index is -2.06. The van der Waals surface area contributed by atoms with E-state index in [9.17, 15) is 24.6 Å². The Kier molecular flexibility index (Phi) is 6.11. The van der Waals surface area contributed by atoms with Crippen LogP contribution in [0.1, 0.15) is 104 Å². The summed E-state index contributed by atoms with van der Waals surface area (Å²) in [6.45, 7) is 5.46. The Balaban J connectivity index is 1.36. The van der Waals surface area contributed by atoms with Crippen LogP contribution in [0.15, 0.2) is 11.6 Å². The summed E-state index contributed by atoms with van der Waals surface area (Å²) in [5.74, 6) is -1.74. The van der Waals surface area contributed by atoms with Crippen LogP contribution >= 0.6 is 0 Å². The van der Waals surface area contributed by atoms with E-state index >= 15 is 0 Å². The average Bonchev–Trinajstić information content (AvgIpc) is 3.39. The molecule has 5 rings (SSSR count). The summed E-state index contributed by atoms with van der Waals surface area (Å²) >= 11 is 0. The SMILES string of the molecule is CC(O)(OC(=O)CCC1CCCC1)[C@@]1(O)CC[C@H]2[C@@H]3CCC4=CC(=O)CC[C@]4(C)[C@H]3C(=O)C[C@@]21C. The van der Waals surface area contributed by atoms with Crippen LogP contribution < -0.4 is 0 Å². The number of esters is 1. The molecule has 0 bridgehead atoms. The zero-order valence-corrected chi connectivity index (χ0v) is 21.6. The molecule has 0 aliphatic heterocycles. The molecule has 0 saturated heterocycles. The molecular weight excluding hydrogens is 444 g/mol. The van der Waals surface area contributed by atoms with Gasteiger partial charge in [0, 0.05) is 37.5 Å². The van der Waals surface area contributed by atoms with Gasteiger partial charge in [-0.1, -0.05) is 45.1 Å². The Bertz CT molecular complexity index is 945. The lowest BCUT2D eigenvalue weighted by Gasteiger charge is -2.59. The minimum absolute atomic E-state index is 0.0508. The molecule has 0 amide bonds. The lowest BCUT2D eigenvalue weighted by Crippen LogP contribution is -2.66. The highest BCUT2D eigenvalue weighted by atomic mass is 16.7. The normalized spacial score (nSPS) is 43.1. The van der Waals surface area contributed by atoms with E-state index in [0.717, 1.165) is 37.7 Å². The Labute approximate surface area is 208 Å². The summed E-state index contributed by atoms with van der Waals surface area (Å²) in [5, 5.41) is 23.4. The summed E-state index contributed by atoms with van der Waals surface area (Å²) in [6.07, 6.45) is 11.4. The lowest BCUT2D eigenvalue weighted by molar-refractivity contribution is -0.308. The first-order chi connectivity index (χ1) is 16.4. The van der Waals surface area contributed by atoms with Gasteiger partial charge in [-0.05, 0) is 67.8 Å². The highest BCUT2D eigenvalue weighted by molar-refractivity contribution is 5.93. The van der Waals surface area contributed by atoms with E-state index in [1.54, 1.807) is 6.08 Å². The Morgan fingerprint density at radius 2 is 1.83 bits per heavy atom. The zero-order chi connectivity index (χ0) is 25.2. The van der Waals surface area contributed by atoms with Gasteiger partial charge in [-0.2, -0.15) is 0 Å². The molecule has 5 aliphatic carbocycles. The number of ether oxygens (including phenoxy) is 1. The molecule has 0 aromatic heterocycles. The van der Waals surface area contributed by atoms with Gasteiger partial charge in [0.25, 0.3) is 0 Å². The number of Topliss-reactive ketones (excluding diaryl/α,β-unsaturated/α-hetero) is 1. The first kappa shape index (κ1) is 25.1. The van der Waals surface area contributed by atoms with Crippen molar-refractivity contribution in [1.82, 2.24) is 0 Å². The number of allylic oxidation sites excluding steroid dienone is 1. The summed E-state index contributed by atoms with van der Waals surface area (Å²) in [6, 6.07) is 0. The van der Waals surface area contributed by atoms with E-state index < -0.39 is 22.8 Å². The number of carbonyl (C=O) groups excluding carboxylic acids is 3. The van der Waals surface area contributed by atoms with Crippen LogP contribution in [0.2, 0.25) is 0 Å². The van der Waals surface area contributed by atoms with Crippen LogP contribution in [-0.4, -0.2) is 39.1 Å². The van der Waals surface area contributed by atoms with Crippen molar-refractivity contribution >= 4 is 17.5 Å². The van der Waals surface area contributed by atoms with Gasteiger partial charge in [0.05, 0.1) is 0 Å². The van der Waals surface area contributed by atoms with Crippen molar-refractivity contribution in [1.29, 1.82) is 0 Å². The first-order valence-electron chi connectivity index (χ1n) is 13.8. The average molecular weight is 487 g/mol. The van der Waals surface area contributed by atoms with Crippen molar-refractivity contribution < 1.29 is 29.3 Å². The molecule has 1 unspecified atom stereocenters. The highest BCUT2D eigenvalue weighted by Gasteiger charge is 2.71. The van der Waals surface area contributed by atoms with E-state index in [-0.39, 0.29) is 47.6 Å². The molecule has 4 saturated carbocycles. The summed E-state index contributed by atoms with van der Waals surface area (Å²) < 4.78 is 5.60. The van der Waals surface area contributed by atoms with E-state index in [2.05, 4.69) is 6.92 Å². The second-order valence-corrected chi connectivity index (χ2v) is 12.9. The monoisotopic (exact) mass is 486 g/mol. The Morgan fingerprint density at radius 1 is 1.11 bits per heavy atom. The molecule has 0 aromatic rings. The second-order valence-electron chi connectivity index (χ2n) is 12.9. The number of hydrogen-bond donors (Lipinski definition) is 2. The smallest absolute Gasteiger partial charge is 0.308 e. The number of aliphatic hydroxyl groups is 2. The molecule has 6 heteroatoms. The van der Waals surface area contributed by atoms with Crippen LogP contribution in [0.4, 0.5) is 0 Å². The molecule has 2 N–H and O–H groups in total. The lowest BCUT2D eigenvalue weighted by atomic mass is 9.45. The van der Waals surface area contributed by atoms with Crippen molar-refractivity contribution in [2.45, 2.75) is 116 Å². The number of hydrogen-bond acceptors (Lipinski definition) is 6. The van der Waals surface area contributed by atoms with Gasteiger partial charge >= 0.3 is 5.97 Å². The topological polar surface area (TPSA) is 101 Å². The number of fused-ring (bicyclic) bond motifs is 5. The van der Waals surface area contributed by atoms with Gasteiger partial charge in [0.15, 0.2) is 5.78 Å². The fourth-order valence-electron chi connectivity index (χ4n) is 9.13. The quantitative estimate of drug-likeness (QED) is 0.433. The fourth-order valence-corrected chi connectivity index (χ4v) is 9.13. The molecule has 4 fully saturated rings. The third kappa shape index (κ3) is 3.77. The summed E-state index contributed by atoms with van der Waals surface area (Å²) in [5.41, 5.74) is -1.75. The predicted molar refractivity (Wildman–Crippen MR) is 130 cm³/mol. The predicted octanol–water partition coefficient (Wildman–Crippen LogP) is 4.65. The molecule has 0 aromatic carbocycles. The molecule has 35 heavy (non-hydrogen) atoms. The standard InChI is InChI=1S/C29H42O6/c1-26-14-12-20(30)16-19(26)9-10-21-22-13-15-29(34,27(22,2)17-23(31)25(21)26)28(3,33)35-24(32)11-8-18-6-4-5-7-18/h16,18,21-22,25,33-34H,4-15,17H2,1-3H3/t21-,22-,25+,26-,27-,28?,29+/m0/s1. The van der Waals surface area contributed by atoms with Gasteiger partial charge in [-0.3, -0.25) is 14.4 Å². The number of carbonyl (C=O) groups is 3. The maximum Gasteiger partial charge on any atom is 0.308 e. The molecule has 0 heterocycles. The molecule has 0 radical (unpaired) electrons. The number of ketones is 2. The molecule has 0 spiro atoms. The van der Waals surface area contributed by atoms with E-state index in [4.69, 9.17) is 4.74 Å². The first-order valence-corrected chi connectivity index (χ1v) is 13.8. The third-order valence-corrected chi connectivity index (χ3v) is 11.1. The van der Waals surface area contributed by atoms with Crippen molar-refractivity contribution in [3.8, 4) is 0 Å². The summed E-state index contributed by atoms with van der Waals surface area (Å²) in [7, 11) is 0.